The third-order valence-corrected chi connectivity index (χ3v) is 4.71. The zero-order valence-corrected chi connectivity index (χ0v) is 12.7. The van der Waals surface area contributed by atoms with E-state index in [1.165, 1.54) is 4.90 Å². The normalized spacial score (nSPS) is 27.3. The number of hydrogen-bond donors (Lipinski definition) is 0. The SMILES string of the molecule is CSc1ccc(-c2nnnn2[C@H]2CC(=O)[C@H]3OC[C@H]2O3)cc1. The monoisotopic (exact) mass is 318 g/mol. The van der Waals surface area contributed by atoms with Crippen LogP contribution in [0.25, 0.3) is 11.4 Å². The van der Waals surface area contributed by atoms with Gasteiger partial charge in [0.25, 0.3) is 0 Å². The fourth-order valence-electron chi connectivity index (χ4n) is 2.82. The highest BCUT2D eigenvalue weighted by molar-refractivity contribution is 7.98. The third kappa shape index (κ3) is 2.23. The first-order valence-electron chi connectivity index (χ1n) is 6.98. The van der Waals surface area contributed by atoms with Gasteiger partial charge in [-0.1, -0.05) is 12.1 Å². The Morgan fingerprint density at radius 3 is 2.91 bits per heavy atom. The molecule has 2 aliphatic rings. The second-order valence-electron chi connectivity index (χ2n) is 5.25. The number of carbonyl (C=O) groups is 1. The van der Waals surface area contributed by atoms with Gasteiger partial charge in [-0.2, -0.15) is 0 Å². The Bertz CT molecular complexity index is 702. The van der Waals surface area contributed by atoms with E-state index in [0.717, 1.165) is 5.56 Å². The average molecular weight is 318 g/mol. The first-order valence-corrected chi connectivity index (χ1v) is 8.21. The van der Waals surface area contributed by atoms with Gasteiger partial charge < -0.3 is 9.47 Å². The lowest BCUT2D eigenvalue weighted by molar-refractivity contribution is -0.156. The lowest BCUT2D eigenvalue weighted by Crippen LogP contribution is -2.37. The average Bonchev–Trinajstić information content (AvgIpc) is 3.20. The van der Waals surface area contributed by atoms with E-state index in [-0.39, 0.29) is 17.9 Å². The van der Waals surface area contributed by atoms with E-state index in [9.17, 15) is 4.79 Å². The topological polar surface area (TPSA) is 79.1 Å². The quantitative estimate of drug-likeness (QED) is 0.790. The zero-order valence-electron chi connectivity index (χ0n) is 11.9. The van der Waals surface area contributed by atoms with Crippen LogP contribution in [-0.2, 0) is 14.3 Å². The Hall–Kier alpha value is -1.77. The van der Waals surface area contributed by atoms with Crippen LogP contribution >= 0.6 is 11.8 Å². The van der Waals surface area contributed by atoms with Crippen LogP contribution in [0.3, 0.4) is 0 Å². The molecule has 0 saturated carbocycles. The maximum Gasteiger partial charge on any atom is 0.218 e. The molecule has 114 valence electrons. The molecular formula is C14H14N4O3S. The fraction of sp³-hybridized carbons (Fsp3) is 0.429. The summed E-state index contributed by atoms with van der Waals surface area (Å²) < 4.78 is 12.6. The molecule has 0 unspecified atom stereocenters. The number of ether oxygens (including phenoxy) is 2. The van der Waals surface area contributed by atoms with Crippen molar-refractivity contribution in [2.45, 2.75) is 29.8 Å². The van der Waals surface area contributed by atoms with Crippen molar-refractivity contribution in [1.29, 1.82) is 0 Å². The maximum atomic E-state index is 12.0. The summed E-state index contributed by atoms with van der Waals surface area (Å²) in [6.45, 7) is 0.395. The molecule has 0 amide bonds. The number of benzene rings is 1. The second-order valence-corrected chi connectivity index (χ2v) is 6.13. The fourth-order valence-corrected chi connectivity index (χ4v) is 3.22. The van der Waals surface area contributed by atoms with Gasteiger partial charge in [0.2, 0.25) is 6.29 Å². The molecule has 2 saturated heterocycles. The number of tetrazole rings is 1. The molecule has 0 radical (unpaired) electrons. The molecule has 1 aromatic carbocycles. The smallest absolute Gasteiger partial charge is 0.218 e. The standard InChI is InChI=1S/C14H14N4O3S/c1-22-9-4-2-8(3-5-9)13-15-16-17-18(13)10-6-11(19)14-20-7-12(10)21-14/h2-5,10,12,14H,6-7H2,1H3/t10-,12+,14-/m0/s1. The van der Waals surface area contributed by atoms with Gasteiger partial charge in [0.1, 0.15) is 6.10 Å². The molecule has 2 aliphatic heterocycles. The van der Waals surface area contributed by atoms with Gasteiger partial charge >= 0.3 is 0 Å². The van der Waals surface area contributed by atoms with E-state index < -0.39 is 6.29 Å². The van der Waals surface area contributed by atoms with Crippen LogP contribution < -0.4 is 0 Å². The number of aromatic nitrogens is 4. The predicted octanol–water partition coefficient (Wildman–Crippen LogP) is 1.32. The lowest BCUT2D eigenvalue weighted by atomic mass is 10.0. The third-order valence-electron chi connectivity index (χ3n) is 3.97. The molecule has 2 bridgehead atoms. The minimum atomic E-state index is -0.706. The molecule has 0 N–H and O–H groups in total. The summed E-state index contributed by atoms with van der Waals surface area (Å²) >= 11 is 1.68. The number of Topliss-reactive ketones (excluding diaryl/α,β-unsaturated/α-hetero) is 1. The van der Waals surface area contributed by atoms with Gasteiger partial charge in [0.15, 0.2) is 11.6 Å². The molecular weight excluding hydrogens is 304 g/mol. The van der Waals surface area contributed by atoms with Gasteiger partial charge in [0, 0.05) is 16.9 Å². The Morgan fingerprint density at radius 2 is 2.14 bits per heavy atom. The minimum absolute atomic E-state index is 0.0575. The molecule has 3 heterocycles. The Kier molecular flexibility index (Phi) is 3.44. The van der Waals surface area contributed by atoms with E-state index in [1.807, 2.05) is 30.5 Å². The number of hydrogen-bond acceptors (Lipinski definition) is 7. The number of ketones is 1. The van der Waals surface area contributed by atoms with Crippen molar-refractivity contribution in [3.63, 3.8) is 0 Å². The van der Waals surface area contributed by atoms with Crippen LogP contribution in [0, 0.1) is 0 Å². The van der Waals surface area contributed by atoms with Crippen molar-refractivity contribution < 1.29 is 14.3 Å². The number of fused-ring (bicyclic) bond motifs is 2. The highest BCUT2D eigenvalue weighted by Crippen LogP contribution is 2.34. The molecule has 2 fully saturated rings. The van der Waals surface area contributed by atoms with Crippen LogP contribution in [-0.4, -0.2) is 51.2 Å². The van der Waals surface area contributed by atoms with Crippen molar-refractivity contribution in [2.24, 2.45) is 0 Å². The maximum absolute atomic E-state index is 12.0. The summed E-state index contributed by atoms with van der Waals surface area (Å²) in [6, 6.07) is 7.78. The van der Waals surface area contributed by atoms with Crippen molar-refractivity contribution in [1.82, 2.24) is 20.2 Å². The van der Waals surface area contributed by atoms with Gasteiger partial charge in [0.05, 0.1) is 12.6 Å². The van der Waals surface area contributed by atoms with Crippen molar-refractivity contribution in [3.05, 3.63) is 24.3 Å². The summed E-state index contributed by atoms with van der Waals surface area (Å²) in [4.78, 5) is 13.1. The molecule has 1 aromatic heterocycles. The van der Waals surface area contributed by atoms with Crippen LogP contribution in [0.4, 0.5) is 0 Å². The van der Waals surface area contributed by atoms with Gasteiger partial charge in [-0.15, -0.1) is 16.9 Å². The summed E-state index contributed by atoms with van der Waals surface area (Å²) in [6.07, 6.45) is 1.47. The molecule has 0 spiro atoms. The molecule has 3 atom stereocenters. The number of carbonyl (C=O) groups excluding carboxylic acids is 1. The van der Waals surface area contributed by atoms with Gasteiger partial charge in [-0.3, -0.25) is 4.79 Å². The van der Waals surface area contributed by atoms with Crippen LogP contribution in [0.5, 0.6) is 0 Å². The predicted molar refractivity (Wildman–Crippen MR) is 78.3 cm³/mol. The zero-order chi connectivity index (χ0) is 15.1. The molecule has 22 heavy (non-hydrogen) atoms. The summed E-state index contributed by atoms with van der Waals surface area (Å²) in [5, 5.41) is 12.0. The molecule has 4 rings (SSSR count). The van der Waals surface area contributed by atoms with Crippen molar-refractivity contribution in [3.8, 4) is 11.4 Å². The number of thioether (sulfide) groups is 1. The second kappa shape index (κ2) is 5.45. The van der Waals surface area contributed by atoms with Crippen LogP contribution in [0.1, 0.15) is 12.5 Å². The highest BCUT2D eigenvalue weighted by Gasteiger charge is 2.45. The Balaban J connectivity index is 1.68. The van der Waals surface area contributed by atoms with Gasteiger partial charge in [-0.05, 0) is 28.8 Å². The Labute approximate surface area is 131 Å². The van der Waals surface area contributed by atoms with E-state index in [0.29, 0.717) is 18.9 Å². The van der Waals surface area contributed by atoms with E-state index in [1.54, 1.807) is 16.4 Å². The van der Waals surface area contributed by atoms with Gasteiger partial charge in [-0.25, -0.2) is 4.68 Å². The van der Waals surface area contributed by atoms with E-state index in [2.05, 4.69) is 15.5 Å². The Morgan fingerprint density at radius 1 is 1.32 bits per heavy atom. The summed E-state index contributed by atoms with van der Waals surface area (Å²) in [5.74, 6) is 0.581. The first kappa shape index (κ1) is 13.9. The number of nitrogens with zero attached hydrogens (tertiary/aromatic N) is 4. The highest BCUT2D eigenvalue weighted by atomic mass is 32.2. The molecule has 8 heteroatoms. The molecule has 0 aliphatic carbocycles. The number of rotatable bonds is 3. The lowest BCUT2D eigenvalue weighted by Gasteiger charge is -2.26. The van der Waals surface area contributed by atoms with Crippen molar-refractivity contribution in [2.75, 3.05) is 12.9 Å². The van der Waals surface area contributed by atoms with E-state index in [4.69, 9.17) is 9.47 Å². The van der Waals surface area contributed by atoms with Crippen LogP contribution in [0.2, 0.25) is 0 Å². The molecule has 2 aromatic rings. The first-order chi connectivity index (χ1) is 10.8. The van der Waals surface area contributed by atoms with E-state index >= 15 is 0 Å². The molecule has 7 nitrogen and oxygen atoms in total. The largest absolute Gasteiger partial charge is 0.343 e. The summed E-state index contributed by atoms with van der Waals surface area (Å²) in [7, 11) is 0. The minimum Gasteiger partial charge on any atom is -0.343 e. The summed E-state index contributed by atoms with van der Waals surface area (Å²) in [5.41, 5.74) is 0.913. The van der Waals surface area contributed by atoms with Crippen molar-refractivity contribution >= 4 is 17.5 Å². The van der Waals surface area contributed by atoms with Crippen LogP contribution in [0.15, 0.2) is 29.2 Å².